The molecule has 1 rings (SSSR count). The minimum Gasteiger partial charge on any atom is -0.390 e. The molecule has 0 unspecified atom stereocenters. The molecule has 0 bridgehead atoms. The van der Waals surface area contributed by atoms with Crippen LogP contribution in [-0.2, 0) is 5.41 Å². The highest BCUT2D eigenvalue weighted by atomic mass is 16.3. The van der Waals surface area contributed by atoms with Crippen LogP contribution in [-0.4, -0.2) is 10.7 Å². The highest BCUT2D eigenvalue weighted by Gasteiger charge is 2.36. The third-order valence-electron chi connectivity index (χ3n) is 3.27. The molecule has 80 valence electrons. The molecule has 15 heavy (non-hydrogen) atoms. The molecule has 0 spiro atoms. The molecule has 2 heteroatoms. The quantitative estimate of drug-likeness (QED) is 0.803. The Balaban J connectivity index is 3.13. The molecule has 0 aromatic heterocycles. The lowest BCUT2D eigenvalue weighted by molar-refractivity contribution is 0.00964. The van der Waals surface area contributed by atoms with Gasteiger partial charge < -0.3 is 5.11 Å². The van der Waals surface area contributed by atoms with Crippen LogP contribution in [0.25, 0.3) is 0 Å². The number of hydrogen-bond donors (Lipinski definition) is 1. The Morgan fingerprint density at radius 3 is 1.87 bits per heavy atom. The maximum atomic E-state index is 10.1. The molecule has 0 saturated heterocycles. The summed E-state index contributed by atoms with van der Waals surface area (Å²) >= 11 is 0. The summed E-state index contributed by atoms with van der Waals surface area (Å²) in [5.41, 5.74) is 0.557. The van der Waals surface area contributed by atoms with Crippen LogP contribution in [0.15, 0.2) is 24.3 Å². The molecular formula is C13H17NO. The van der Waals surface area contributed by atoms with Crippen molar-refractivity contribution in [3.63, 3.8) is 0 Å². The van der Waals surface area contributed by atoms with Gasteiger partial charge >= 0.3 is 0 Å². The lowest BCUT2D eigenvalue weighted by atomic mass is 9.72. The van der Waals surface area contributed by atoms with Crippen molar-refractivity contribution in [2.75, 3.05) is 0 Å². The van der Waals surface area contributed by atoms with Gasteiger partial charge in [0.1, 0.15) is 0 Å². The minimum atomic E-state index is -0.791. The number of aliphatic hydroxyl groups is 1. The molecule has 0 amide bonds. The average molecular weight is 203 g/mol. The largest absolute Gasteiger partial charge is 0.390 e. The number of hydrogen-bond acceptors (Lipinski definition) is 2. The lowest BCUT2D eigenvalue weighted by Crippen LogP contribution is -2.42. The summed E-state index contributed by atoms with van der Waals surface area (Å²) in [4.78, 5) is 0. The molecule has 1 aromatic carbocycles. The number of nitrogens with zero attached hydrogens (tertiary/aromatic N) is 1. The highest BCUT2D eigenvalue weighted by Crippen LogP contribution is 2.34. The molecule has 0 aliphatic carbocycles. The predicted molar refractivity (Wildman–Crippen MR) is 60.5 cm³/mol. The summed E-state index contributed by atoms with van der Waals surface area (Å²) in [5.74, 6) is 0. The van der Waals surface area contributed by atoms with Crippen molar-refractivity contribution < 1.29 is 5.11 Å². The molecule has 2 nitrogen and oxygen atoms in total. The number of benzene rings is 1. The monoisotopic (exact) mass is 203 g/mol. The Morgan fingerprint density at radius 2 is 1.53 bits per heavy atom. The average Bonchev–Trinajstić information content (AvgIpc) is 2.16. The van der Waals surface area contributed by atoms with Gasteiger partial charge in [-0.3, -0.25) is 0 Å². The molecule has 1 aromatic rings. The molecule has 0 saturated carbocycles. The second-order valence-corrected chi connectivity index (χ2v) is 4.87. The first-order valence-corrected chi connectivity index (χ1v) is 5.02. The van der Waals surface area contributed by atoms with Crippen molar-refractivity contribution in [1.29, 1.82) is 5.26 Å². The third kappa shape index (κ3) is 2.19. The Morgan fingerprint density at radius 1 is 1.07 bits per heavy atom. The summed E-state index contributed by atoms with van der Waals surface area (Å²) in [5, 5.41) is 18.8. The first kappa shape index (κ1) is 11.7. The second kappa shape index (κ2) is 3.67. The maximum Gasteiger partial charge on any atom is 0.0991 e. The van der Waals surface area contributed by atoms with Crippen molar-refractivity contribution in [3.8, 4) is 6.07 Å². The van der Waals surface area contributed by atoms with E-state index in [2.05, 4.69) is 6.07 Å². The molecule has 0 aliphatic heterocycles. The van der Waals surface area contributed by atoms with Gasteiger partial charge in [-0.05, 0) is 31.5 Å². The van der Waals surface area contributed by atoms with Crippen molar-refractivity contribution >= 4 is 0 Å². The molecular weight excluding hydrogens is 186 g/mol. The van der Waals surface area contributed by atoms with Crippen LogP contribution < -0.4 is 0 Å². The van der Waals surface area contributed by atoms with Gasteiger partial charge in [0.25, 0.3) is 0 Å². The fourth-order valence-electron chi connectivity index (χ4n) is 1.31. The van der Waals surface area contributed by atoms with Crippen LogP contribution >= 0.6 is 0 Å². The van der Waals surface area contributed by atoms with Gasteiger partial charge in [0.2, 0.25) is 0 Å². The molecule has 0 radical (unpaired) electrons. The first-order chi connectivity index (χ1) is 6.79. The topological polar surface area (TPSA) is 44.0 Å². The maximum absolute atomic E-state index is 10.1. The zero-order valence-electron chi connectivity index (χ0n) is 9.70. The van der Waals surface area contributed by atoms with E-state index in [1.165, 1.54) is 0 Å². The summed E-state index contributed by atoms with van der Waals surface area (Å²) in [6.07, 6.45) is 0. The Hall–Kier alpha value is -1.33. The van der Waals surface area contributed by atoms with Crippen LogP contribution in [0.3, 0.4) is 0 Å². The molecule has 0 aliphatic rings. The predicted octanol–water partition coefficient (Wildman–Crippen LogP) is 2.61. The molecule has 0 atom stereocenters. The van der Waals surface area contributed by atoms with Crippen LogP contribution in [0, 0.1) is 11.3 Å². The minimum absolute atomic E-state index is 0.332. The summed E-state index contributed by atoms with van der Waals surface area (Å²) in [6.45, 7) is 7.58. The van der Waals surface area contributed by atoms with Crippen LogP contribution in [0.1, 0.15) is 38.8 Å². The fraction of sp³-hybridized carbons (Fsp3) is 0.462. The fourth-order valence-corrected chi connectivity index (χ4v) is 1.31. The smallest absolute Gasteiger partial charge is 0.0991 e. The second-order valence-electron chi connectivity index (χ2n) is 4.87. The summed E-state index contributed by atoms with van der Waals surface area (Å²) in [7, 11) is 0. The van der Waals surface area contributed by atoms with E-state index in [1.54, 1.807) is 26.0 Å². The van der Waals surface area contributed by atoms with E-state index in [4.69, 9.17) is 5.26 Å². The Bertz CT molecular complexity index is 376. The molecule has 0 fully saturated rings. The van der Waals surface area contributed by atoms with Gasteiger partial charge in [0, 0.05) is 5.41 Å². The van der Waals surface area contributed by atoms with E-state index in [1.807, 2.05) is 26.0 Å². The number of nitriles is 1. The van der Waals surface area contributed by atoms with Crippen molar-refractivity contribution in [3.05, 3.63) is 35.4 Å². The zero-order valence-corrected chi connectivity index (χ0v) is 9.70. The van der Waals surface area contributed by atoms with Crippen molar-refractivity contribution in [2.24, 2.45) is 0 Å². The van der Waals surface area contributed by atoms with Crippen LogP contribution in [0.4, 0.5) is 0 Å². The zero-order chi connectivity index (χ0) is 11.7. The highest BCUT2D eigenvalue weighted by molar-refractivity contribution is 5.35. The summed E-state index contributed by atoms with van der Waals surface area (Å²) < 4.78 is 0. The van der Waals surface area contributed by atoms with Gasteiger partial charge in [-0.25, -0.2) is 0 Å². The van der Waals surface area contributed by atoms with Gasteiger partial charge in [-0.1, -0.05) is 26.0 Å². The van der Waals surface area contributed by atoms with E-state index in [0.29, 0.717) is 5.56 Å². The third-order valence-corrected chi connectivity index (χ3v) is 3.27. The molecule has 1 N–H and O–H groups in total. The van der Waals surface area contributed by atoms with E-state index in [-0.39, 0.29) is 5.41 Å². The Kier molecular flexibility index (Phi) is 2.88. The standard InChI is InChI=1S/C13H17NO/c1-12(2,13(3,4)15)11-7-5-10(9-14)6-8-11/h5-8,15H,1-4H3. The van der Waals surface area contributed by atoms with E-state index >= 15 is 0 Å². The van der Waals surface area contributed by atoms with Gasteiger partial charge in [-0.15, -0.1) is 0 Å². The summed E-state index contributed by atoms with van der Waals surface area (Å²) in [6, 6.07) is 9.44. The van der Waals surface area contributed by atoms with Crippen LogP contribution in [0.5, 0.6) is 0 Å². The van der Waals surface area contributed by atoms with E-state index in [0.717, 1.165) is 5.56 Å². The molecule has 0 heterocycles. The van der Waals surface area contributed by atoms with Crippen molar-refractivity contribution in [2.45, 2.75) is 38.7 Å². The van der Waals surface area contributed by atoms with E-state index in [9.17, 15) is 5.11 Å². The SMILES string of the molecule is CC(C)(O)C(C)(C)c1ccc(C#N)cc1. The van der Waals surface area contributed by atoms with Crippen LogP contribution in [0.2, 0.25) is 0 Å². The van der Waals surface area contributed by atoms with Gasteiger partial charge in [0.05, 0.1) is 17.2 Å². The van der Waals surface area contributed by atoms with Crippen molar-refractivity contribution in [1.82, 2.24) is 0 Å². The first-order valence-electron chi connectivity index (χ1n) is 5.02. The lowest BCUT2D eigenvalue weighted by Gasteiger charge is -2.37. The van der Waals surface area contributed by atoms with E-state index < -0.39 is 5.60 Å². The van der Waals surface area contributed by atoms with Gasteiger partial charge in [-0.2, -0.15) is 5.26 Å². The van der Waals surface area contributed by atoms with Gasteiger partial charge in [0.15, 0.2) is 0 Å². The Labute approximate surface area is 91.2 Å². The normalized spacial score (nSPS) is 12.3. The number of rotatable bonds is 2.